The van der Waals surface area contributed by atoms with Crippen molar-refractivity contribution in [3.05, 3.63) is 65.2 Å². The summed E-state index contributed by atoms with van der Waals surface area (Å²) in [4.78, 5) is 90.3. The molecule has 63 heavy (non-hydrogen) atoms. The van der Waals surface area contributed by atoms with Crippen molar-refractivity contribution in [2.45, 2.75) is 101 Å². The van der Waals surface area contributed by atoms with Gasteiger partial charge in [-0.3, -0.25) is 39.0 Å². The Balaban J connectivity index is 0.877. The first-order valence-electron chi connectivity index (χ1n) is 21.6. The summed E-state index contributed by atoms with van der Waals surface area (Å²) in [5.74, 6) is -6.22. The molecule has 3 aromatic rings. The highest BCUT2D eigenvalue weighted by Gasteiger charge is 2.48. The van der Waals surface area contributed by atoms with E-state index in [4.69, 9.17) is 4.74 Å². The Bertz CT molecular complexity index is 2350. The number of benzene rings is 2. The average Bonchev–Trinajstić information content (AvgIpc) is 3.49. The summed E-state index contributed by atoms with van der Waals surface area (Å²) in [6.07, 6.45) is 5.39. The number of anilines is 5. The largest absolute Gasteiger partial charge is 0.495 e. The van der Waals surface area contributed by atoms with Crippen LogP contribution in [0.1, 0.15) is 96.3 Å². The van der Waals surface area contributed by atoms with Gasteiger partial charge in [0.2, 0.25) is 11.8 Å². The van der Waals surface area contributed by atoms with Gasteiger partial charge in [0.05, 0.1) is 41.8 Å². The summed E-state index contributed by atoms with van der Waals surface area (Å²) >= 11 is 0. The molecule has 6 amide bonds. The van der Waals surface area contributed by atoms with Crippen molar-refractivity contribution < 1.29 is 42.3 Å². The summed E-state index contributed by atoms with van der Waals surface area (Å²) in [6, 6.07) is 12.5. The Morgan fingerprint density at radius 1 is 0.952 bits per heavy atom. The third-order valence-electron chi connectivity index (χ3n) is 13.2. The summed E-state index contributed by atoms with van der Waals surface area (Å²) < 4.78 is 35.3. The van der Waals surface area contributed by atoms with Crippen LogP contribution in [-0.2, 0) is 14.4 Å². The van der Waals surface area contributed by atoms with Crippen molar-refractivity contribution in [2.75, 3.05) is 60.9 Å². The molecule has 1 saturated carbocycles. The van der Waals surface area contributed by atoms with Gasteiger partial charge in [-0.25, -0.2) is 4.98 Å². The molecule has 334 valence electrons. The number of methoxy groups -OCH3 is 1. The first-order valence-corrected chi connectivity index (χ1v) is 21.6. The Morgan fingerprint density at radius 2 is 1.71 bits per heavy atom. The molecule has 8 rings (SSSR count). The second-order valence-electron chi connectivity index (χ2n) is 17.4. The van der Waals surface area contributed by atoms with Crippen molar-refractivity contribution in [3.8, 4) is 5.75 Å². The van der Waals surface area contributed by atoms with E-state index >= 15 is 0 Å². The zero-order chi connectivity index (χ0) is 44.9. The molecule has 3 atom stereocenters. The molecule has 0 bridgehead atoms. The highest BCUT2D eigenvalue weighted by molar-refractivity contribution is 6.25. The molecule has 5 heterocycles. The number of nitrogens with one attached hydrogen (secondary N) is 3. The number of ether oxygens (including phenoxy) is 1. The van der Waals surface area contributed by atoms with E-state index in [2.05, 4.69) is 37.8 Å². The van der Waals surface area contributed by atoms with E-state index in [0.717, 1.165) is 48.3 Å². The Morgan fingerprint density at radius 3 is 2.43 bits per heavy atom. The van der Waals surface area contributed by atoms with Gasteiger partial charge >= 0.3 is 5.92 Å². The molecule has 3 unspecified atom stereocenters. The van der Waals surface area contributed by atoms with Gasteiger partial charge in [-0.15, -0.1) is 0 Å². The van der Waals surface area contributed by atoms with E-state index in [0.29, 0.717) is 47.2 Å². The molecule has 16 nitrogen and oxygen atoms in total. The van der Waals surface area contributed by atoms with Gasteiger partial charge < -0.3 is 35.0 Å². The number of fused-ring (bicyclic) bond motifs is 2. The number of rotatable bonds is 10. The Labute approximate surface area is 364 Å². The fraction of sp³-hybridized carbons (Fsp3) is 0.489. The molecule has 18 heteroatoms. The van der Waals surface area contributed by atoms with Gasteiger partial charge in [0.15, 0.2) is 5.82 Å². The molecule has 3 N–H and O–H groups in total. The number of aromatic nitrogens is 1. The number of pyridine rings is 1. The van der Waals surface area contributed by atoms with E-state index in [1.807, 2.05) is 6.07 Å². The Hall–Kier alpha value is -6.17. The van der Waals surface area contributed by atoms with Crippen LogP contribution in [0, 0.1) is 0 Å². The quantitative estimate of drug-likeness (QED) is 0.240. The molecule has 3 fully saturated rings. The molecule has 0 radical (unpaired) electrons. The van der Waals surface area contributed by atoms with Gasteiger partial charge in [0, 0.05) is 56.3 Å². The van der Waals surface area contributed by atoms with Crippen LogP contribution in [0.3, 0.4) is 0 Å². The number of carbonyl (C=O) groups is 6. The molecular weight excluding hydrogens is 817 g/mol. The van der Waals surface area contributed by atoms with Crippen molar-refractivity contribution in [2.24, 2.45) is 0 Å². The molecule has 2 saturated heterocycles. The van der Waals surface area contributed by atoms with Crippen LogP contribution in [0.5, 0.6) is 5.75 Å². The van der Waals surface area contributed by atoms with Crippen LogP contribution < -0.4 is 35.4 Å². The number of alkyl halides is 2. The standard InChI is InChI=1S/C45H53F2N9O7/c1-25(2)55-24-45(46,47)44(62)53(4)33-14-16-36(50-39(33)55)49-31-13-12-26(22-35(31)63-5)40(58)48-27-8-6-9-29(23-27)52(3)28-18-20-54(21-19-28)32-11-7-10-30-38(32)43(61)56(42(30)60)34-15-17-37(57)51-41(34)59/h7,10-14,16,22,25,27-29,34H,6,8-9,15,17-21,23-24H2,1-5H3,(H,48,58)(H,49,50)(H,51,57,59). The highest BCUT2D eigenvalue weighted by atomic mass is 19.3. The van der Waals surface area contributed by atoms with Crippen LogP contribution in [-0.4, -0.2) is 127 Å². The number of halogens is 2. The van der Waals surface area contributed by atoms with Gasteiger partial charge in [0.1, 0.15) is 17.6 Å². The molecule has 5 aliphatic rings. The lowest BCUT2D eigenvalue weighted by atomic mass is 9.88. The molecular formula is C45H53F2N9O7. The fourth-order valence-corrected chi connectivity index (χ4v) is 9.70. The minimum Gasteiger partial charge on any atom is -0.495 e. The van der Waals surface area contributed by atoms with Crippen LogP contribution in [0.25, 0.3) is 0 Å². The average molecular weight is 870 g/mol. The number of amides is 6. The van der Waals surface area contributed by atoms with Gasteiger partial charge in [0.25, 0.3) is 23.6 Å². The zero-order valence-corrected chi connectivity index (χ0v) is 36.1. The second-order valence-corrected chi connectivity index (χ2v) is 17.4. The van der Waals surface area contributed by atoms with Crippen molar-refractivity contribution >= 4 is 64.1 Å². The number of carbonyl (C=O) groups excluding carboxylic acids is 6. The Kier molecular flexibility index (Phi) is 11.9. The molecule has 1 aromatic heterocycles. The maximum absolute atomic E-state index is 14.8. The molecule has 2 aromatic carbocycles. The minimum atomic E-state index is -3.59. The first-order chi connectivity index (χ1) is 30.1. The second kappa shape index (κ2) is 17.2. The lowest BCUT2D eigenvalue weighted by Gasteiger charge is -2.43. The van der Waals surface area contributed by atoms with Crippen LogP contribution >= 0.6 is 0 Å². The van der Waals surface area contributed by atoms with Crippen LogP contribution in [0.15, 0.2) is 48.5 Å². The SMILES string of the molecule is COc1cc(C(=O)NC2CCCC(N(C)C3CCN(c4cccc5c4C(=O)N(C4CCC(=O)NC4=O)C5=O)CC3)C2)ccc1Nc1ccc2c(n1)N(C(C)C)CC(F)(F)C(=O)N2C. The molecule has 0 spiro atoms. The molecule has 1 aliphatic carbocycles. The van der Waals surface area contributed by atoms with E-state index in [1.54, 1.807) is 56.3 Å². The summed E-state index contributed by atoms with van der Waals surface area (Å²) in [5.41, 5.74) is 2.44. The number of imide groups is 2. The van der Waals surface area contributed by atoms with Crippen molar-refractivity contribution in [3.63, 3.8) is 0 Å². The summed E-state index contributed by atoms with van der Waals surface area (Å²) in [6.45, 7) is 4.06. The van der Waals surface area contributed by atoms with Gasteiger partial charge in [-0.2, -0.15) is 8.78 Å². The van der Waals surface area contributed by atoms with Crippen molar-refractivity contribution in [1.82, 2.24) is 25.4 Å². The number of piperidine rings is 2. The monoisotopic (exact) mass is 869 g/mol. The number of hydrogen-bond acceptors (Lipinski definition) is 12. The van der Waals surface area contributed by atoms with Crippen LogP contribution in [0.4, 0.5) is 37.5 Å². The van der Waals surface area contributed by atoms with Crippen molar-refractivity contribution in [1.29, 1.82) is 0 Å². The molecule has 4 aliphatic heterocycles. The zero-order valence-electron chi connectivity index (χ0n) is 36.1. The van der Waals surface area contributed by atoms with E-state index < -0.39 is 48.0 Å². The van der Waals surface area contributed by atoms with Gasteiger partial charge in [-0.05, 0) is 108 Å². The van der Waals surface area contributed by atoms with Crippen LogP contribution in [0.2, 0.25) is 0 Å². The van der Waals surface area contributed by atoms with E-state index in [1.165, 1.54) is 19.1 Å². The highest BCUT2D eigenvalue weighted by Crippen LogP contribution is 2.40. The lowest BCUT2D eigenvalue weighted by Crippen LogP contribution is -2.54. The fourth-order valence-electron chi connectivity index (χ4n) is 9.70. The topological polar surface area (TPSA) is 177 Å². The van der Waals surface area contributed by atoms with Gasteiger partial charge in [-0.1, -0.05) is 6.07 Å². The minimum absolute atomic E-state index is 0.0459. The normalized spacial score (nSPS) is 22.9. The summed E-state index contributed by atoms with van der Waals surface area (Å²) in [5, 5.41) is 8.68. The third-order valence-corrected chi connectivity index (χ3v) is 13.2. The maximum atomic E-state index is 14.8. The number of nitrogens with zero attached hydrogens (tertiary/aromatic N) is 6. The lowest BCUT2D eigenvalue weighted by molar-refractivity contribution is -0.140. The summed E-state index contributed by atoms with van der Waals surface area (Å²) in [7, 11) is 4.94. The maximum Gasteiger partial charge on any atom is 0.342 e. The predicted molar refractivity (Wildman–Crippen MR) is 231 cm³/mol. The first kappa shape index (κ1) is 43.5. The smallest absolute Gasteiger partial charge is 0.342 e. The van der Waals surface area contributed by atoms with E-state index in [-0.39, 0.29) is 60.0 Å². The predicted octanol–water partition coefficient (Wildman–Crippen LogP) is 4.70. The number of hydrogen-bond donors (Lipinski definition) is 3. The van der Waals surface area contributed by atoms with E-state index in [9.17, 15) is 37.5 Å². The third kappa shape index (κ3) is 8.27.